The van der Waals surface area contributed by atoms with E-state index in [0.29, 0.717) is 6.54 Å². The summed E-state index contributed by atoms with van der Waals surface area (Å²) >= 11 is -2.04. The van der Waals surface area contributed by atoms with Crippen molar-refractivity contribution in [2.75, 3.05) is 13.6 Å². The summed E-state index contributed by atoms with van der Waals surface area (Å²) in [6.45, 7) is 2.88. The molecule has 4 heteroatoms. The zero-order valence-corrected chi connectivity index (χ0v) is 10.9. The normalized spacial score (nSPS) is 13.3. The molecule has 0 saturated carbocycles. The molecule has 0 amide bonds. The number of nitrogens with zero attached hydrogens (tertiary/aromatic N) is 1. The first-order chi connectivity index (χ1) is 7.18. The van der Waals surface area contributed by atoms with Gasteiger partial charge in [0.25, 0.3) is 0 Å². The minimum absolute atomic E-state index is 0.658. The zero-order chi connectivity index (χ0) is 11.5. The van der Waals surface area contributed by atoms with Gasteiger partial charge in [0, 0.05) is 17.8 Å². The van der Waals surface area contributed by atoms with E-state index in [4.69, 9.17) is 0 Å². The molecule has 0 rings (SSSR count). The van der Waals surface area contributed by atoms with E-state index in [1.807, 2.05) is 0 Å². The Kier molecular flexibility index (Phi) is 10.6. The summed E-state index contributed by atoms with van der Waals surface area (Å²) in [7, 11) is 1.62. The van der Waals surface area contributed by atoms with E-state index in [2.05, 4.69) is 6.92 Å². The molecule has 0 aromatic rings. The maximum Gasteiger partial charge on any atom is 0.0206 e. The van der Waals surface area contributed by atoms with Crippen molar-refractivity contribution in [3.8, 4) is 0 Å². The molecule has 1 atom stereocenters. The Hall–Kier alpha value is 0.0700. The Morgan fingerprint density at radius 1 is 1.00 bits per heavy atom. The van der Waals surface area contributed by atoms with Gasteiger partial charge >= 0.3 is 0 Å². The van der Waals surface area contributed by atoms with Crippen LogP contribution in [0.5, 0.6) is 0 Å². The molecule has 0 aromatic carbocycles. The third kappa shape index (κ3) is 10.4. The Bertz CT molecular complexity index is 165. The van der Waals surface area contributed by atoms with Gasteiger partial charge in [-0.2, -0.15) is 0 Å². The molecule has 0 radical (unpaired) electrons. The van der Waals surface area contributed by atoms with Crippen molar-refractivity contribution in [1.29, 1.82) is 0 Å². The fraction of sp³-hybridized carbons (Fsp3) is 1.00. The highest BCUT2D eigenvalue weighted by Gasteiger charge is 1.97. The van der Waals surface area contributed by atoms with E-state index < -0.39 is 11.3 Å². The van der Waals surface area contributed by atoms with Crippen molar-refractivity contribution < 1.29 is 8.76 Å². The molecular weight excluding hydrogens is 210 g/mol. The van der Waals surface area contributed by atoms with Crippen LogP contribution in [0, 0.1) is 0 Å². The van der Waals surface area contributed by atoms with E-state index >= 15 is 0 Å². The second-order valence-corrected chi connectivity index (χ2v) is 5.10. The highest BCUT2D eigenvalue weighted by molar-refractivity contribution is 7.76. The highest BCUT2D eigenvalue weighted by atomic mass is 32.2. The molecular formula is C11H24NO2S-. The van der Waals surface area contributed by atoms with Gasteiger partial charge in [0.15, 0.2) is 0 Å². The predicted octanol–water partition coefficient (Wildman–Crippen LogP) is 2.85. The molecule has 3 nitrogen and oxygen atoms in total. The van der Waals surface area contributed by atoms with Crippen LogP contribution in [0.2, 0.25) is 0 Å². The Balaban J connectivity index is 3.08. The van der Waals surface area contributed by atoms with Crippen molar-refractivity contribution in [2.24, 2.45) is 0 Å². The second kappa shape index (κ2) is 10.6. The molecule has 0 N–H and O–H groups in total. The number of hydrogen-bond donors (Lipinski definition) is 0. The molecule has 1 unspecified atom stereocenters. The molecule has 0 saturated heterocycles. The first kappa shape index (κ1) is 15.1. The average molecular weight is 234 g/mol. The molecule has 0 aromatic heterocycles. The van der Waals surface area contributed by atoms with Crippen LogP contribution in [0.4, 0.5) is 0 Å². The lowest BCUT2D eigenvalue weighted by molar-refractivity contribution is 0.420. The summed E-state index contributed by atoms with van der Waals surface area (Å²) in [5.74, 6) is 0. The fourth-order valence-electron chi connectivity index (χ4n) is 1.54. The standard InChI is InChI=1S/C11H25NO2S/c1-3-4-5-6-7-8-9-10-11-12(2)15(13)14/h3-11H2,1-2H3,(H,13,14)/p-1. The van der Waals surface area contributed by atoms with Gasteiger partial charge in [-0.1, -0.05) is 51.9 Å². The van der Waals surface area contributed by atoms with Crippen molar-refractivity contribution in [1.82, 2.24) is 4.31 Å². The van der Waals surface area contributed by atoms with Gasteiger partial charge in [0.1, 0.15) is 0 Å². The van der Waals surface area contributed by atoms with Gasteiger partial charge in [-0.25, -0.2) is 4.31 Å². The molecule has 0 aliphatic rings. The Morgan fingerprint density at radius 2 is 1.47 bits per heavy atom. The van der Waals surface area contributed by atoms with E-state index in [-0.39, 0.29) is 0 Å². The molecule has 0 aliphatic carbocycles. The molecule has 0 heterocycles. The zero-order valence-electron chi connectivity index (χ0n) is 10.0. The summed E-state index contributed by atoms with van der Waals surface area (Å²) in [6, 6.07) is 0. The van der Waals surface area contributed by atoms with Crippen LogP contribution < -0.4 is 0 Å². The lowest BCUT2D eigenvalue weighted by atomic mass is 10.1. The SMILES string of the molecule is CCCCCCCCCCN(C)S(=O)[O-]. The van der Waals surface area contributed by atoms with Gasteiger partial charge in [-0.05, 0) is 13.5 Å². The number of rotatable bonds is 10. The lowest BCUT2D eigenvalue weighted by Crippen LogP contribution is -2.21. The molecule has 0 spiro atoms. The van der Waals surface area contributed by atoms with E-state index in [0.717, 1.165) is 12.8 Å². The van der Waals surface area contributed by atoms with Crippen LogP contribution in [-0.4, -0.2) is 26.7 Å². The first-order valence-corrected chi connectivity index (χ1v) is 7.02. The predicted molar refractivity (Wildman–Crippen MR) is 64.2 cm³/mol. The van der Waals surface area contributed by atoms with Crippen molar-refractivity contribution in [2.45, 2.75) is 58.3 Å². The first-order valence-electron chi connectivity index (χ1n) is 5.99. The van der Waals surface area contributed by atoms with Crippen molar-refractivity contribution in [3.63, 3.8) is 0 Å². The number of hydrogen-bond acceptors (Lipinski definition) is 2. The maximum absolute atomic E-state index is 10.5. The lowest BCUT2D eigenvalue weighted by Gasteiger charge is -2.18. The maximum atomic E-state index is 10.5. The van der Waals surface area contributed by atoms with Crippen LogP contribution in [0.25, 0.3) is 0 Å². The smallest absolute Gasteiger partial charge is 0.0206 e. The topological polar surface area (TPSA) is 43.4 Å². The van der Waals surface area contributed by atoms with Gasteiger partial charge < -0.3 is 4.55 Å². The molecule has 0 fully saturated rings. The minimum Gasteiger partial charge on any atom is -0.760 e. The van der Waals surface area contributed by atoms with Gasteiger partial charge in [0.2, 0.25) is 0 Å². The molecule has 0 bridgehead atoms. The summed E-state index contributed by atoms with van der Waals surface area (Å²) in [5, 5.41) is 0. The van der Waals surface area contributed by atoms with E-state index in [9.17, 15) is 8.76 Å². The largest absolute Gasteiger partial charge is 0.760 e. The molecule has 0 aliphatic heterocycles. The van der Waals surface area contributed by atoms with Crippen LogP contribution in [-0.2, 0) is 11.3 Å². The van der Waals surface area contributed by atoms with Crippen molar-refractivity contribution >= 4 is 11.3 Å². The highest BCUT2D eigenvalue weighted by Crippen LogP contribution is 2.08. The fourth-order valence-corrected chi connectivity index (χ4v) is 1.82. The quantitative estimate of drug-likeness (QED) is 0.431. The minimum atomic E-state index is -2.04. The third-order valence-electron chi connectivity index (χ3n) is 2.58. The van der Waals surface area contributed by atoms with Crippen molar-refractivity contribution in [3.05, 3.63) is 0 Å². The Labute approximate surface area is 96.7 Å². The van der Waals surface area contributed by atoms with Crippen LogP contribution in [0.3, 0.4) is 0 Å². The Morgan fingerprint density at radius 3 is 1.93 bits per heavy atom. The summed E-state index contributed by atoms with van der Waals surface area (Å²) in [6.07, 6.45) is 9.98. The van der Waals surface area contributed by atoms with E-state index in [1.54, 1.807) is 7.05 Å². The second-order valence-electron chi connectivity index (χ2n) is 4.04. The van der Waals surface area contributed by atoms with Crippen LogP contribution in [0.15, 0.2) is 0 Å². The van der Waals surface area contributed by atoms with Crippen LogP contribution in [0.1, 0.15) is 58.3 Å². The molecule has 15 heavy (non-hydrogen) atoms. The summed E-state index contributed by atoms with van der Waals surface area (Å²) < 4.78 is 22.3. The van der Waals surface area contributed by atoms with Gasteiger partial charge in [-0.3, -0.25) is 4.21 Å². The van der Waals surface area contributed by atoms with Gasteiger partial charge in [0.05, 0.1) is 0 Å². The molecule has 92 valence electrons. The van der Waals surface area contributed by atoms with Gasteiger partial charge in [-0.15, -0.1) is 0 Å². The summed E-state index contributed by atoms with van der Waals surface area (Å²) in [4.78, 5) is 0. The summed E-state index contributed by atoms with van der Waals surface area (Å²) in [5.41, 5.74) is 0. The van der Waals surface area contributed by atoms with E-state index in [1.165, 1.54) is 42.8 Å². The third-order valence-corrected chi connectivity index (χ3v) is 3.27. The van der Waals surface area contributed by atoms with Crippen LogP contribution >= 0.6 is 0 Å². The number of unbranched alkanes of at least 4 members (excludes halogenated alkanes) is 7. The average Bonchev–Trinajstić information content (AvgIpc) is 2.21. The monoisotopic (exact) mass is 234 g/mol.